The van der Waals surface area contributed by atoms with Crippen LogP contribution >= 0.6 is 23.2 Å². The lowest BCUT2D eigenvalue weighted by molar-refractivity contribution is 0.467. The highest BCUT2D eigenvalue weighted by atomic mass is 35.5. The first-order chi connectivity index (χ1) is 8.47. The molecule has 0 saturated carbocycles. The van der Waals surface area contributed by atoms with Gasteiger partial charge in [-0.25, -0.2) is 0 Å². The number of anilines is 2. The van der Waals surface area contributed by atoms with Gasteiger partial charge < -0.3 is 15.5 Å². The minimum atomic E-state index is -0.0303. The average molecular weight is 285 g/mol. The molecule has 1 heterocycles. The molecule has 5 heteroatoms. The highest BCUT2D eigenvalue weighted by molar-refractivity contribution is 6.39. The SMILES string of the molecule is Cc1ccc(C(C)Nc2c(Cl)cc(N)cc2Cl)o1. The monoisotopic (exact) mass is 284 g/mol. The van der Waals surface area contributed by atoms with E-state index in [0.717, 1.165) is 11.5 Å². The van der Waals surface area contributed by atoms with Crippen LogP contribution in [0, 0.1) is 6.92 Å². The molecule has 2 aromatic rings. The zero-order valence-electron chi connectivity index (χ0n) is 10.1. The van der Waals surface area contributed by atoms with Crippen LogP contribution in [-0.4, -0.2) is 0 Å². The van der Waals surface area contributed by atoms with Crippen LogP contribution in [0.15, 0.2) is 28.7 Å². The molecule has 0 spiro atoms. The van der Waals surface area contributed by atoms with Crippen molar-refractivity contribution in [2.24, 2.45) is 0 Å². The number of rotatable bonds is 3. The van der Waals surface area contributed by atoms with E-state index >= 15 is 0 Å². The van der Waals surface area contributed by atoms with Crippen LogP contribution in [0.2, 0.25) is 10.0 Å². The van der Waals surface area contributed by atoms with Gasteiger partial charge in [0, 0.05) is 5.69 Å². The average Bonchev–Trinajstić information content (AvgIpc) is 2.70. The lowest BCUT2D eigenvalue weighted by atomic mass is 10.2. The summed E-state index contributed by atoms with van der Waals surface area (Å²) in [4.78, 5) is 0. The highest BCUT2D eigenvalue weighted by Gasteiger charge is 2.14. The first kappa shape index (κ1) is 13.1. The Morgan fingerprint density at radius 3 is 2.33 bits per heavy atom. The van der Waals surface area contributed by atoms with Crippen LogP contribution < -0.4 is 11.1 Å². The summed E-state index contributed by atoms with van der Waals surface area (Å²) in [6, 6.07) is 7.13. The maximum absolute atomic E-state index is 6.11. The Bertz CT molecular complexity index is 543. The van der Waals surface area contributed by atoms with Crippen molar-refractivity contribution >= 4 is 34.6 Å². The predicted molar refractivity (Wildman–Crippen MR) is 76.4 cm³/mol. The summed E-state index contributed by atoms with van der Waals surface area (Å²) < 4.78 is 5.55. The van der Waals surface area contributed by atoms with Crippen molar-refractivity contribution in [3.8, 4) is 0 Å². The van der Waals surface area contributed by atoms with Crippen LogP contribution in [-0.2, 0) is 0 Å². The molecule has 3 nitrogen and oxygen atoms in total. The normalized spacial score (nSPS) is 12.4. The molecule has 1 unspecified atom stereocenters. The second kappa shape index (κ2) is 5.12. The number of benzene rings is 1. The Morgan fingerprint density at radius 2 is 1.83 bits per heavy atom. The molecule has 1 aromatic carbocycles. The number of aryl methyl sites for hydroxylation is 1. The Balaban J connectivity index is 2.24. The topological polar surface area (TPSA) is 51.2 Å². The van der Waals surface area contributed by atoms with Crippen molar-refractivity contribution in [3.63, 3.8) is 0 Å². The Kier molecular flexibility index (Phi) is 3.73. The van der Waals surface area contributed by atoms with E-state index in [0.29, 0.717) is 21.4 Å². The molecule has 96 valence electrons. The zero-order valence-corrected chi connectivity index (χ0v) is 11.6. The van der Waals surface area contributed by atoms with Crippen molar-refractivity contribution in [2.45, 2.75) is 19.9 Å². The predicted octanol–water partition coefficient (Wildman–Crippen LogP) is 4.65. The molecule has 1 aromatic heterocycles. The van der Waals surface area contributed by atoms with Crippen molar-refractivity contribution in [1.82, 2.24) is 0 Å². The molecule has 0 amide bonds. The number of nitrogen functional groups attached to an aromatic ring is 1. The van der Waals surface area contributed by atoms with E-state index < -0.39 is 0 Å². The summed E-state index contributed by atoms with van der Waals surface area (Å²) >= 11 is 12.2. The summed E-state index contributed by atoms with van der Waals surface area (Å²) in [5.74, 6) is 1.70. The van der Waals surface area contributed by atoms with Gasteiger partial charge >= 0.3 is 0 Å². The third-order valence-corrected chi connectivity index (χ3v) is 3.21. The van der Waals surface area contributed by atoms with E-state index in [1.54, 1.807) is 12.1 Å². The number of hydrogen-bond donors (Lipinski definition) is 2. The largest absolute Gasteiger partial charge is 0.464 e. The standard InChI is InChI=1S/C13H14Cl2N2O/c1-7-3-4-12(18-7)8(2)17-13-10(14)5-9(16)6-11(13)15/h3-6,8,17H,16H2,1-2H3. The fourth-order valence-electron chi connectivity index (χ4n) is 1.70. The highest BCUT2D eigenvalue weighted by Crippen LogP contribution is 2.35. The van der Waals surface area contributed by atoms with Crippen molar-refractivity contribution in [2.75, 3.05) is 11.1 Å². The van der Waals surface area contributed by atoms with E-state index in [1.165, 1.54) is 0 Å². The minimum Gasteiger partial charge on any atom is -0.464 e. The van der Waals surface area contributed by atoms with Gasteiger partial charge in [0.15, 0.2) is 0 Å². The van der Waals surface area contributed by atoms with Crippen LogP contribution in [0.3, 0.4) is 0 Å². The molecular formula is C13H14Cl2N2O. The summed E-state index contributed by atoms with van der Waals surface area (Å²) in [5, 5.41) is 4.21. The van der Waals surface area contributed by atoms with Gasteiger partial charge in [0.05, 0.1) is 21.8 Å². The third-order valence-electron chi connectivity index (χ3n) is 2.61. The minimum absolute atomic E-state index is 0.0303. The smallest absolute Gasteiger partial charge is 0.126 e. The van der Waals surface area contributed by atoms with Crippen LogP contribution in [0.25, 0.3) is 0 Å². The second-order valence-electron chi connectivity index (χ2n) is 4.17. The molecule has 2 rings (SSSR count). The Labute approximate surface area is 116 Å². The molecule has 1 atom stereocenters. The number of nitrogens with one attached hydrogen (secondary N) is 1. The van der Waals surface area contributed by atoms with Gasteiger partial charge in [0.2, 0.25) is 0 Å². The van der Waals surface area contributed by atoms with Gasteiger partial charge in [-0.1, -0.05) is 23.2 Å². The van der Waals surface area contributed by atoms with Gasteiger partial charge in [-0.05, 0) is 38.1 Å². The van der Waals surface area contributed by atoms with Crippen molar-refractivity contribution in [1.29, 1.82) is 0 Å². The molecule has 3 N–H and O–H groups in total. The molecule has 0 aliphatic rings. The lowest BCUT2D eigenvalue weighted by Crippen LogP contribution is -2.06. The lowest BCUT2D eigenvalue weighted by Gasteiger charge is -2.16. The van der Waals surface area contributed by atoms with Crippen LogP contribution in [0.1, 0.15) is 24.5 Å². The van der Waals surface area contributed by atoms with Crippen LogP contribution in [0.5, 0.6) is 0 Å². The molecule has 0 bridgehead atoms. The fraction of sp³-hybridized carbons (Fsp3) is 0.231. The van der Waals surface area contributed by atoms with Crippen molar-refractivity contribution < 1.29 is 4.42 Å². The second-order valence-corrected chi connectivity index (χ2v) is 4.99. The molecule has 0 aliphatic heterocycles. The molecule has 0 fully saturated rings. The van der Waals surface area contributed by atoms with Crippen LogP contribution in [0.4, 0.5) is 11.4 Å². The maximum atomic E-state index is 6.11. The number of hydrogen-bond acceptors (Lipinski definition) is 3. The van der Waals surface area contributed by atoms with E-state index in [4.69, 9.17) is 33.4 Å². The quantitative estimate of drug-likeness (QED) is 0.807. The van der Waals surface area contributed by atoms with Gasteiger partial charge in [0.25, 0.3) is 0 Å². The fourth-order valence-corrected chi connectivity index (χ4v) is 2.32. The molecule has 0 saturated heterocycles. The van der Waals surface area contributed by atoms with Crippen molar-refractivity contribution in [3.05, 3.63) is 45.8 Å². The van der Waals surface area contributed by atoms with E-state index in [1.807, 2.05) is 26.0 Å². The maximum Gasteiger partial charge on any atom is 0.126 e. The molecular weight excluding hydrogens is 271 g/mol. The third kappa shape index (κ3) is 2.74. The summed E-state index contributed by atoms with van der Waals surface area (Å²) in [5.41, 5.74) is 6.86. The summed E-state index contributed by atoms with van der Waals surface area (Å²) in [6.07, 6.45) is 0. The molecule has 0 radical (unpaired) electrons. The van der Waals surface area contributed by atoms with E-state index in [9.17, 15) is 0 Å². The van der Waals surface area contributed by atoms with Gasteiger partial charge in [-0.15, -0.1) is 0 Å². The zero-order chi connectivity index (χ0) is 13.3. The first-order valence-electron chi connectivity index (χ1n) is 5.54. The number of halogens is 2. The number of furan rings is 1. The summed E-state index contributed by atoms with van der Waals surface area (Å²) in [7, 11) is 0. The Hall–Kier alpha value is -1.32. The number of nitrogens with two attached hydrogens (primary N) is 1. The van der Waals surface area contributed by atoms with Gasteiger partial charge in [0.1, 0.15) is 11.5 Å². The van der Waals surface area contributed by atoms with Gasteiger partial charge in [-0.2, -0.15) is 0 Å². The summed E-state index contributed by atoms with van der Waals surface area (Å²) in [6.45, 7) is 3.88. The van der Waals surface area contributed by atoms with E-state index in [-0.39, 0.29) is 6.04 Å². The Morgan fingerprint density at radius 1 is 1.22 bits per heavy atom. The van der Waals surface area contributed by atoms with Gasteiger partial charge in [-0.3, -0.25) is 0 Å². The first-order valence-corrected chi connectivity index (χ1v) is 6.30. The molecule has 0 aliphatic carbocycles. The van der Waals surface area contributed by atoms with E-state index in [2.05, 4.69) is 5.32 Å². The molecule has 18 heavy (non-hydrogen) atoms.